The van der Waals surface area contributed by atoms with Crippen LogP contribution in [-0.2, 0) is 9.47 Å². The van der Waals surface area contributed by atoms with E-state index in [0.29, 0.717) is 12.0 Å². The minimum atomic E-state index is 0.0913. The van der Waals surface area contributed by atoms with Gasteiger partial charge in [0.2, 0.25) is 0 Å². The maximum atomic E-state index is 6.08. The molecule has 2 aliphatic rings. The van der Waals surface area contributed by atoms with E-state index in [0.717, 1.165) is 58.5 Å². The summed E-state index contributed by atoms with van der Waals surface area (Å²) < 4.78 is 11.6. The zero-order valence-corrected chi connectivity index (χ0v) is 17.9. The Labute approximate surface area is 169 Å². The van der Waals surface area contributed by atoms with Crippen LogP contribution in [0.15, 0.2) is 29.3 Å². The summed E-state index contributed by atoms with van der Waals surface area (Å²) in [4.78, 5) is 9.45. The van der Waals surface area contributed by atoms with Gasteiger partial charge in [0.05, 0.1) is 26.4 Å². The third kappa shape index (κ3) is 5.25. The second-order valence-corrected chi connectivity index (χ2v) is 8.05. The zero-order chi connectivity index (χ0) is 19.9. The predicted octanol–water partition coefficient (Wildman–Crippen LogP) is 2.30. The molecule has 0 spiro atoms. The Morgan fingerprint density at radius 3 is 2.61 bits per heavy atom. The molecule has 6 nitrogen and oxygen atoms in total. The highest BCUT2D eigenvalue weighted by atomic mass is 16.5. The van der Waals surface area contributed by atoms with Gasteiger partial charge in [-0.2, -0.15) is 0 Å². The average Bonchev–Trinajstić information content (AvgIpc) is 2.72. The summed E-state index contributed by atoms with van der Waals surface area (Å²) in [5.74, 6) is 1.55. The molecule has 2 fully saturated rings. The van der Waals surface area contributed by atoms with Gasteiger partial charge in [0.15, 0.2) is 5.96 Å². The van der Waals surface area contributed by atoms with Crippen molar-refractivity contribution in [3.8, 4) is 0 Å². The van der Waals surface area contributed by atoms with Gasteiger partial charge in [-0.1, -0.05) is 38.1 Å². The van der Waals surface area contributed by atoms with E-state index in [1.165, 1.54) is 11.1 Å². The maximum Gasteiger partial charge on any atom is 0.193 e. The van der Waals surface area contributed by atoms with Crippen LogP contribution in [-0.4, -0.2) is 81.4 Å². The van der Waals surface area contributed by atoms with Gasteiger partial charge in [-0.05, 0) is 24.0 Å². The quantitative estimate of drug-likeness (QED) is 0.620. The Morgan fingerprint density at radius 1 is 1.18 bits per heavy atom. The van der Waals surface area contributed by atoms with Gasteiger partial charge in [0, 0.05) is 39.3 Å². The van der Waals surface area contributed by atoms with E-state index in [-0.39, 0.29) is 6.10 Å². The largest absolute Gasteiger partial charge is 0.379 e. The van der Waals surface area contributed by atoms with Crippen molar-refractivity contribution in [3.63, 3.8) is 0 Å². The lowest BCUT2D eigenvalue weighted by Crippen LogP contribution is -2.54. The van der Waals surface area contributed by atoms with Gasteiger partial charge in [0.25, 0.3) is 0 Å². The van der Waals surface area contributed by atoms with Crippen molar-refractivity contribution >= 4 is 5.96 Å². The summed E-state index contributed by atoms with van der Waals surface area (Å²) in [7, 11) is 1.87. The Hall–Kier alpha value is -1.63. The summed E-state index contributed by atoms with van der Waals surface area (Å²) in [5, 5.41) is 3.64. The molecule has 0 saturated carbocycles. The van der Waals surface area contributed by atoms with Crippen LogP contribution in [0.5, 0.6) is 0 Å². The summed E-state index contributed by atoms with van der Waals surface area (Å²) in [6.45, 7) is 13.8. The van der Waals surface area contributed by atoms with Gasteiger partial charge in [-0.25, -0.2) is 0 Å². The number of guanidine groups is 1. The fourth-order valence-electron chi connectivity index (χ4n) is 4.20. The first-order chi connectivity index (χ1) is 13.6. The van der Waals surface area contributed by atoms with Crippen LogP contribution in [0, 0.1) is 12.8 Å². The zero-order valence-electron chi connectivity index (χ0n) is 17.9. The van der Waals surface area contributed by atoms with Crippen LogP contribution < -0.4 is 5.32 Å². The Morgan fingerprint density at radius 2 is 1.93 bits per heavy atom. The summed E-state index contributed by atoms with van der Waals surface area (Å²) in [6, 6.07) is 8.98. The molecule has 2 saturated heterocycles. The number of benzene rings is 1. The number of rotatable bonds is 5. The molecule has 2 unspecified atom stereocenters. The number of nitrogens with one attached hydrogen (secondary N) is 1. The molecule has 2 aliphatic heterocycles. The first kappa shape index (κ1) is 21.1. The predicted molar refractivity (Wildman–Crippen MR) is 114 cm³/mol. The first-order valence-electron chi connectivity index (χ1n) is 10.5. The summed E-state index contributed by atoms with van der Waals surface area (Å²) >= 11 is 0. The highest BCUT2D eigenvalue weighted by Crippen LogP contribution is 2.25. The lowest BCUT2D eigenvalue weighted by atomic mass is 10.0. The highest BCUT2D eigenvalue weighted by molar-refractivity contribution is 5.80. The van der Waals surface area contributed by atoms with Crippen LogP contribution >= 0.6 is 0 Å². The second kappa shape index (κ2) is 10.2. The van der Waals surface area contributed by atoms with E-state index >= 15 is 0 Å². The monoisotopic (exact) mass is 388 g/mol. The number of hydrogen-bond acceptors (Lipinski definition) is 4. The number of aryl methyl sites for hydroxylation is 1. The minimum Gasteiger partial charge on any atom is -0.379 e. The smallest absolute Gasteiger partial charge is 0.193 e. The number of morpholine rings is 2. The molecule has 1 aromatic carbocycles. The molecule has 0 aromatic heterocycles. The van der Waals surface area contributed by atoms with E-state index in [2.05, 4.69) is 65.1 Å². The van der Waals surface area contributed by atoms with Gasteiger partial charge >= 0.3 is 0 Å². The van der Waals surface area contributed by atoms with Crippen molar-refractivity contribution < 1.29 is 9.47 Å². The molecule has 0 bridgehead atoms. The molecule has 0 aliphatic carbocycles. The molecule has 1 N–H and O–H groups in total. The molecule has 0 amide bonds. The molecular weight excluding hydrogens is 352 g/mol. The Kier molecular flexibility index (Phi) is 7.71. The van der Waals surface area contributed by atoms with Gasteiger partial charge < -0.3 is 19.7 Å². The molecule has 6 heteroatoms. The summed E-state index contributed by atoms with van der Waals surface area (Å²) in [5.41, 5.74) is 2.56. The third-order valence-electron chi connectivity index (χ3n) is 5.87. The van der Waals surface area contributed by atoms with Gasteiger partial charge in [-0.15, -0.1) is 0 Å². The Bertz CT molecular complexity index is 643. The normalized spacial score (nSPS) is 23.1. The standard InChI is InChI=1S/C22H36N4O2/c1-17(2)20(25-9-12-27-13-10-25)15-24-22(23-4)26-11-14-28-21(16-26)19-8-6-5-7-18(19)3/h5-8,17,20-21H,9-16H2,1-4H3,(H,23,24). The molecule has 1 aromatic rings. The minimum absolute atomic E-state index is 0.0913. The molecule has 156 valence electrons. The molecule has 2 atom stereocenters. The van der Waals surface area contributed by atoms with Crippen LogP contribution in [0.2, 0.25) is 0 Å². The molecule has 0 radical (unpaired) electrons. The maximum absolute atomic E-state index is 6.08. The van der Waals surface area contributed by atoms with Crippen molar-refractivity contribution in [2.75, 3.05) is 59.6 Å². The van der Waals surface area contributed by atoms with Crippen molar-refractivity contribution in [1.82, 2.24) is 15.1 Å². The fourth-order valence-corrected chi connectivity index (χ4v) is 4.20. The van der Waals surface area contributed by atoms with Crippen LogP contribution in [0.1, 0.15) is 31.1 Å². The topological polar surface area (TPSA) is 49.3 Å². The van der Waals surface area contributed by atoms with E-state index in [9.17, 15) is 0 Å². The first-order valence-corrected chi connectivity index (χ1v) is 10.5. The number of hydrogen-bond donors (Lipinski definition) is 1. The van der Waals surface area contributed by atoms with E-state index in [1.54, 1.807) is 0 Å². The lowest BCUT2D eigenvalue weighted by molar-refractivity contribution is -0.00923. The van der Waals surface area contributed by atoms with E-state index < -0.39 is 0 Å². The van der Waals surface area contributed by atoms with Gasteiger partial charge in [0.1, 0.15) is 6.10 Å². The summed E-state index contributed by atoms with van der Waals surface area (Å²) in [6.07, 6.45) is 0.0913. The lowest BCUT2D eigenvalue weighted by Gasteiger charge is -2.39. The highest BCUT2D eigenvalue weighted by Gasteiger charge is 2.27. The van der Waals surface area contributed by atoms with Crippen LogP contribution in [0.3, 0.4) is 0 Å². The molecule has 3 rings (SSSR count). The second-order valence-electron chi connectivity index (χ2n) is 8.05. The van der Waals surface area contributed by atoms with E-state index in [4.69, 9.17) is 9.47 Å². The molecular formula is C22H36N4O2. The third-order valence-corrected chi connectivity index (χ3v) is 5.87. The molecule has 2 heterocycles. The van der Waals surface area contributed by atoms with E-state index in [1.807, 2.05) is 7.05 Å². The average molecular weight is 389 g/mol. The number of ether oxygens (including phenoxy) is 2. The Balaban J connectivity index is 1.61. The van der Waals surface area contributed by atoms with Crippen molar-refractivity contribution in [1.29, 1.82) is 0 Å². The SMILES string of the molecule is CN=C(NCC(C(C)C)N1CCOCC1)N1CCOC(c2ccccc2C)C1. The van der Waals surface area contributed by atoms with Gasteiger partial charge in [-0.3, -0.25) is 9.89 Å². The number of aliphatic imine (C=N–C) groups is 1. The van der Waals surface area contributed by atoms with Crippen LogP contribution in [0.4, 0.5) is 0 Å². The number of nitrogens with zero attached hydrogens (tertiary/aromatic N) is 3. The molecule has 28 heavy (non-hydrogen) atoms. The van der Waals surface area contributed by atoms with Crippen molar-refractivity contribution in [3.05, 3.63) is 35.4 Å². The van der Waals surface area contributed by atoms with Crippen molar-refractivity contribution in [2.24, 2.45) is 10.9 Å². The van der Waals surface area contributed by atoms with Crippen molar-refractivity contribution in [2.45, 2.75) is 32.9 Å². The fraction of sp³-hybridized carbons (Fsp3) is 0.682. The van der Waals surface area contributed by atoms with Crippen LogP contribution in [0.25, 0.3) is 0 Å².